The molecule has 15 heavy (non-hydrogen) atoms. The van der Waals surface area contributed by atoms with Gasteiger partial charge in [0.25, 0.3) is 0 Å². The Morgan fingerprint density at radius 3 is 2.53 bits per heavy atom. The lowest BCUT2D eigenvalue weighted by Crippen LogP contribution is -2.05. The van der Waals surface area contributed by atoms with Gasteiger partial charge in [0.2, 0.25) is 0 Å². The van der Waals surface area contributed by atoms with Crippen LogP contribution >= 0.6 is 23.2 Å². The molecule has 2 aromatic rings. The Morgan fingerprint density at radius 2 is 2.00 bits per heavy atom. The van der Waals surface area contributed by atoms with Crippen molar-refractivity contribution in [1.82, 2.24) is 19.7 Å². The Morgan fingerprint density at radius 1 is 1.20 bits per heavy atom. The predicted molar refractivity (Wildman–Crippen MR) is 58.1 cm³/mol. The topological polar surface area (TPSA) is 43.6 Å². The zero-order valence-corrected chi connectivity index (χ0v) is 9.50. The van der Waals surface area contributed by atoms with Gasteiger partial charge in [0.1, 0.15) is 5.15 Å². The first-order chi connectivity index (χ1) is 7.16. The maximum absolute atomic E-state index is 5.88. The molecule has 78 valence electrons. The summed E-state index contributed by atoms with van der Waals surface area (Å²) in [7, 11) is 0. The lowest BCUT2D eigenvalue weighted by molar-refractivity contribution is 0.650. The maximum Gasteiger partial charge on any atom is 0.147 e. The molecule has 0 bridgehead atoms. The molecule has 0 aromatic carbocycles. The first-order valence-electron chi connectivity index (χ1n) is 4.31. The van der Waals surface area contributed by atoms with Gasteiger partial charge in [-0.2, -0.15) is 5.10 Å². The summed E-state index contributed by atoms with van der Waals surface area (Å²) in [6, 6.07) is 0. The molecule has 2 heterocycles. The minimum Gasteiger partial charge on any atom is -0.262 e. The van der Waals surface area contributed by atoms with Crippen molar-refractivity contribution in [1.29, 1.82) is 0 Å². The van der Waals surface area contributed by atoms with Crippen LogP contribution in [0.2, 0.25) is 10.2 Å². The van der Waals surface area contributed by atoms with Gasteiger partial charge in [-0.1, -0.05) is 23.2 Å². The summed E-state index contributed by atoms with van der Waals surface area (Å²) in [5.41, 5.74) is 1.70. The summed E-state index contributed by atoms with van der Waals surface area (Å²) in [5, 5.41) is 5.15. The quantitative estimate of drug-likeness (QED) is 0.812. The summed E-state index contributed by atoms with van der Waals surface area (Å²) in [5.74, 6) is 0. The van der Waals surface area contributed by atoms with Crippen LogP contribution in [0.25, 0.3) is 0 Å². The summed E-state index contributed by atoms with van der Waals surface area (Å²) < 4.78 is 1.76. The largest absolute Gasteiger partial charge is 0.262 e. The van der Waals surface area contributed by atoms with Crippen molar-refractivity contribution >= 4 is 23.2 Å². The van der Waals surface area contributed by atoms with E-state index in [0.717, 1.165) is 11.4 Å². The van der Waals surface area contributed by atoms with Gasteiger partial charge >= 0.3 is 0 Å². The Hall–Kier alpha value is -1.13. The predicted octanol–water partition coefficient (Wildman–Crippen LogP) is 2.34. The van der Waals surface area contributed by atoms with E-state index in [4.69, 9.17) is 23.2 Å². The minimum absolute atomic E-state index is 0.383. The van der Waals surface area contributed by atoms with E-state index in [1.807, 2.05) is 6.92 Å². The molecule has 0 aliphatic rings. The number of hydrogen-bond donors (Lipinski definition) is 0. The Kier molecular flexibility index (Phi) is 2.88. The van der Waals surface area contributed by atoms with Gasteiger partial charge in [-0.3, -0.25) is 9.67 Å². The van der Waals surface area contributed by atoms with Crippen molar-refractivity contribution < 1.29 is 0 Å². The molecule has 0 unspecified atom stereocenters. The van der Waals surface area contributed by atoms with Crippen molar-refractivity contribution in [3.63, 3.8) is 0 Å². The lowest BCUT2D eigenvalue weighted by atomic mass is 10.4. The van der Waals surface area contributed by atoms with Crippen LogP contribution in [0.15, 0.2) is 18.6 Å². The van der Waals surface area contributed by atoms with Gasteiger partial charge < -0.3 is 0 Å². The Labute approximate surface area is 96.9 Å². The highest BCUT2D eigenvalue weighted by Crippen LogP contribution is 2.14. The lowest BCUT2D eigenvalue weighted by Gasteiger charge is -2.03. The van der Waals surface area contributed by atoms with E-state index in [0.29, 0.717) is 16.7 Å². The Bertz CT molecular complexity index is 463. The van der Waals surface area contributed by atoms with Crippen molar-refractivity contribution in [2.24, 2.45) is 0 Å². The molecule has 2 aromatic heterocycles. The van der Waals surface area contributed by atoms with Crippen LogP contribution in [0.5, 0.6) is 0 Å². The summed E-state index contributed by atoms with van der Waals surface area (Å²) >= 11 is 11.5. The second-order valence-electron chi connectivity index (χ2n) is 3.07. The molecule has 0 saturated heterocycles. The van der Waals surface area contributed by atoms with Crippen LogP contribution in [-0.2, 0) is 6.54 Å². The van der Waals surface area contributed by atoms with Crippen molar-refractivity contribution in [2.45, 2.75) is 13.5 Å². The van der Waals surface area contributed by atoms with Crippen LogP contribution < -0.4 is 0 Å². The van der Waals surface area contributed by atoms with Crippen LogP contribution in [0, 0.1) is 6.92 Å². The summed E-state index contributed by atoms with van der Waals surface area (Å²) in [6.45, 7) is 2.45. The molecule has 6 heteroatoms. The fourth-order valence-corrected chi connectivity index (χ4v) is 1.40. The second kappa shape index (κ2) is 4.16. The highest BCUT2D eigenvalue weighted by atomic mass is 35.5. The third-order valence-corrected chi connectivity index (χ3v) is 2.60. The van der Waals surface area contributed by atoms with Crippen LogP contribution in [0.4, 0.5) is 0 Å². The maximum atomic E-state index is 5.88. The van der Waals surface area contributed by atoms with E-state index in [-0.39, 0.29) is 0 Å². The number of rotatable bonds is 2. The normalized spacial score (nSPS) is 10.6. The van der Waals surface area contributed by atoms with Gasteiger partial charge in [0, 0.05) is 0 Å². The molecule has 0 atom stereocenters. The molecule has 0 N–H and O–H groups in total. The third kappa shape index (κ3) is 2.27. The van der Waals surface area contributed by atoms with Gasteiger partial charge in [-0.05, 0) is 6.92 Å². The molecule has 0 amide bonds. The SMILES string of the molecule is Cc1c(Cl)cnn1Cc1cnc(Cl)cn1. The third-order valence-electron chi connectivity index (χ3n) is 2.03. The second-order valence-corrected chi connectivity index (χ2v) is 3.86. The van der Waals surface area contributed by atoms with E-state index < -0.39 is 0 Å². The number of hydrogen-bond acceptors (Lipinski definition) is 3. The molecular formula is C9H8Cl2N4. The average Bonchev–Trinajstić information content (AvgIpc) is 2.53. The fraction of sp³-hybridized carbons (Fsp3) is 0.222. The van der Waals surface area contributed by atoms with E-state index in [1.165, 1.54) is 6.20 Å². The van der Waals surface area contributed by atoms with Crippen LogP contribution in [0.1, 0.15) is 11.4 Å². The van der Waals surface area contributed by atoms with E-state index in [1.54, 1.807) is 17.1 Å². The van der Waals surface area contributed by atoms with Gasteiger partial charge in [0.15, 0.2) is 0 Å². The zero-order valence-electron chi connectivity index (χ0n) is 7.98. The summed E-state index contributed by atoms with van der Waals surface area (Å²) in [6.07, 6.45) is 4.74. The molecule has 0 fully saturated rings. The number of halogens is 2. The van der Waals surface area contributed by atoms with E-state index in [9.17, 15) is 0 Å². The molecule has 0 spiro atoms. The van der Waals surface area contributed by atoms with Gasteiger partial charge in [0.05, 0.1) is 41.5 Å². The van der Waals surface area contributed by atoms with E-state index >= 15 is 0 Å². The van der Waals surface area contributed by atoms with Crippen molar-refractivity contribution in [2.75, 3.05) is 0 Å². The number of nitrogens with zero attached hydrogens (tertiary/aromatic N) is 4. The highest BCUT2D eigenvalue weighted by molar-refractivity contribution is 6.31. The van der Waals surface area contributed by atoms with Crippen LogP contribution in [-0.4, -0.2) is 19.7 Å². The molecule has 0 aliphatic carbocycles. The first-order valence-corrected chi connectivity index (χ1v) is 5.07. The molecule has 0 saturated carbocycles. The average molecular weight is 243 g/mol. The highest BCUT2D eigenvalue weighted by Gasteiger charge is 2.05. The fourth-order valence-electron chi connectivity index (χ4n) is 1.16. The summed E-state index contributed by atoms with van der Waals surface area (Å²) in [4.78, 5) is 8.07. The van der Waals surface area contributed by atoms with E-state index in [2.05, 4.69) is 15.1 Å². The standard InChI is InChI=1S/C9H8Cl2N4/c1-6-8(10)3-14-15(6)5-7-2-13-9(11)4-12-7/h2-4H,5H2,1H3. The number of aromatic nitrogens is 4. The molecular weight excluding hydrogens is 235 g/mol. The monoisotopic (exact) mass is 242 g/mol. The minimum atomic E-state index is 0.383. The van der Waals surface area contributed by atoms with Gasteiger partial charge in [-0.25, -0.2) is 4.98 Å². The van der Waals surface area contributed by atoms with Crippen molar-refractivity contribution in [3.05, 3.63) is 40.2 Å². The molecule has 4 nitrogen and oxygen atoms in total. The van der Waals surface area contributed by atoms with Crippen molar-refractivity contribution in [3.8, 4) is 0 Å². The Balaban J connectivity index is 2.22. The van der Waals surface area contributed by atoms with Crippen LogP contribution in [0.3, 0.4) is 0 Å². The van der Waals surface area contributed by atoms with Gasteiger partial charge in [-0.15, -0.1) is 0 Å². The molecule has 2 rings (SSSR count). The molecule has 0 aliphatic heterocycles. The zero-order chi connectivity index (χ0) is 10.8. The smallest absolute Gasteiger partial charge is 0.147 e. The first kappa shape index (κ1) is 10.4. The molecule has 0 radical (unpaired) electrons.